The van der Waals surface area contributed by atoms with Crippen LogP contribution in [0.3, 0.4) is 0 Å². The van der Waals surface area contributed by atoms with E-state index in [2.05, 4.69) is 5.73 Å². The van der Waals surface area contributed by atoms with Crippen molar-refractivity contribution in [2.24, 2.45) is 5.92 Å². The van der Waals surface area contributed by atoms with Crippen molar-refractivity contribution in [3.05, 3.63) is 29.8 Å². The van der Waals surface area contributed by atoms with Crippen molar-refractivity contribution < 1.29 is 32.1 Å². The van der Waals surface area contributed by atoms with E-state index in [-0.39, 0.29) is 36.0 Å². The van der Waals surface area contributed by atoms with Crippen molar-refractivity contribution >= 4 is 15.9 Å². The molecule has 2 fully saturated rings. The standard InChI is InChI=1S/C18H24F3N3O3S/c1-11(2)6-16(22)17(25)23-9-14-8-13(23)10-24(14)28(26,27)15-5-3-4-12(7-15)18(19,20)21/h3-5,7,11,13-14,16H,6,8-10,22H2,1-2H3/p+1/t13-,14-,16-/m1/s1. The minimum atomic E-state index is -4.61. The molecular weight excluding hydrogens is 395 g/mol. The molecule has 2 heterocycles. The summed E-state index contributed by atoms with van der Waals surface area (Å²) in [5, 5.41) is 0. The maximum atomic E-state index is 12.9. The molecule has 2 aliphatic rings. The van der Waals surface area contributed by atoms with Crippen LogP contribution < -0.4 is 5.73 Å². The van der Waals surface area contributed by atoms with Crippen LogP contribution in [0.1, 0.15) is 32.3 Å². The number of nitrogens with zero attached hydrogens (tertiary/aromatic N) is 2. The van der Waals surface area contributed by atoms with Crippen molar-refractivity contribution in [2.45, 2.75) is 55.9 Å². The van der Waals surface area contributed by atoms with Gasteiger partial charge in [0.15, 0.2) is 6.04 Å². The van der Waals surface area contributed by atoms with Gasteiger partial charge in [0, 0.05) is 31.6 Å². The third-order valence-corrected chi connectivity index (χ3v) is 7.26. The lowest BCUT2D eigenvalue weighted by atomic mass is 10.0. The Kier molecular flexibility index (Phi) is 5.50. The molecule has 3 N–H and O–H groups in total. The zero-order valence-electron chi connectivity index (χ0n) is 15.8. The van der Waals surface area contributed by atoms with Crippen molar-refractivity contribution in [2.75, 3.05) is 13.1 Å². The molecule has 2 aliphatic heterocycles. The maximum absolute atomic E-state index is 12.9. The molecular formula is C18H25F3N3O3S+. The quantitative estimate of drug-likeness (QED) is 0.780. The summed E-state index contributed by atoms with van der Waals surface area (Å²) in [7, 11) is -4.06. The lowest BCUT2D eigenvalue weighted by molar-refractivity contribution is -0.408. The van der Waals surface area contributed by atoms with Crippen LogP contribution in [0.25, 0.3) is 0 Å². The first-order valence-corrected chi connectivity index (χ1v) is 10.7. The Balaban J connectivity index is 1.76. The van der Waals surface area contributed by atoms with Gasteiger partial charge >= 0.3 is 6.18 Å². The van der Waals surface area contributed by atoms with Crippen molar-refractivity contribution in [3.63, 3.8) is 0 Å². The molecule has 0 radical (unpaired) electrons. The van der Waals surface area contributed by atoms with Crippen LogP contribution in [-0.2, 0) is 21.0 Å². The molecule has 1 aromatic carbocycles. The highest BCUT2D eigenvalue weighted by Crippen LogP contribution is 2.37. The molecule has 0 spiro atoms. The summed E-state index contributed by atoms with van der Waals surface area (Å²) in [6, 6.07) is 2.73. The third kappa shape index (κ3) is 3.90. The van der Waals surface area contributed by atoms with Gasteiger partial charge in [-0.2, -0.15) is 17.5 Å². The number of sulfonamides is 1. The van der Waals surface area contributed by atoms with Crippen LogP contribution in [0.2, 0.25) is 0 Å². The normalized spacial score (nSPS) is 24.2. The predicted octanol–water partition coefficient (Wildman–Crippen LogP) is 1.34. The Morgan fingerprint density at radius 3 is 2.46 bits per heavy atom. The molecule has 6 nitrogen and oxygen atoms in total. The first kappa shape index (κ1) is 21.1. The van der Waals surface area contributed by atoms with E-state index in [9.17, 15) is 26.4 Å². The van der Waals surface area contributed by atoms with Gasteiger partial charge in [-0.1, -0.05) is 19.9 Å². The molecule has 0 saturated carbocycles. The number of hydrogen-bond acceptors (Lipinski definition) is 3. The molecule has 1 aromatic rings. The fraction of sp³-hybridized carbons (Fsp3) is 0.611. The lowest BCUT2D eigenvalue weighted by Gasteiger charge is -2.34. The average Bonchev–Trinajstić information content (AvgIpc) is 3.21. The number of halogens is 3. The van der Waals surface area contributed by atoms with Gasteiger partial charge in [-0.25, -0.2) is 8.42 Å². The SMILES string of the molecule is CC(C)C[C@@H]([NH3+])C(=O)N1C[C@H]2C[C@@H]1CN2S(=O)(=O)c1cccc(C(F)(F)F)c1. The summed E-state index contributed by atoms with van der Waals surface area (Å²) >= 11 is 0. The number of alkyl halides is 3. The number of quaternary nitrogens is 1. The lowest BCUT2D eigenvalue weighted by Crippen LogP contribution is -2.69. The number of fused-ring (bicyclic) bond motifs is 2. The van der Waals surface area contributed by atoms with E-state index in [4.69, 9.17) is 0 Å². The molecule has 0 aromatic heterocycles. The van der Waals surface area contributed by atoms with Gasteiger partial charge < -0.3 is 10.6 Å². The van der Waals surface area contributed by atoms with E-state index >= 15 is 0 Å². The van der Waals surface area contributed by atoms with E-state index in [0.29, 0.717) is 24.8 Å². The van der Waals surface area contributed by atoms with Crippen LogP contribution in [0, 0.1) is 5.92 Å². The highest BCUT2D eigenvalue weighted by atomic mass is 32.2. The summed E-state index contributed by atoms with van der Waals surface area (Å²) in [4.78, 5) is 13.9. The number of rotatable bonds is 5. The van der Waals surface area contributed by atoms with Gasteiger partial charge in [-0.15, -0.1) is 0 Å². The number of carbonyl (C=O) groups excluding carboxylic acids is 1. The Morgan fingerprint density at radius 1 is 1.25 bits per heavy atom. The second-order valence-electron chi connectivity index (χ2n) is 7.96. The largest absolute Gasteiger partial charge is 0.416 e. The van der Waals surface area contributed by atoms with Crippen LogP contribution in [-0.4, -0.2) is 54.7 Å². The highest BCUT2D eigenvalue weighted by molar-refractivity contribution is 7.89. The Morgan fingerprint density at radius 2 is 1.93 bits per heavy atom. The van der Waals surface area contributed by atoms with E-state index in [1.165, 1.54) is 10.4 Å². The number of likely N-dealkylation sites (tertiary alicyclic amines) is 1. The Labute approximate surface area is 162 Å². The molecule has 3 rings (SSSR count). The minimum absolute atomic E-state index is 0.0858. The van der Waals surface area contributed by atoms with Gasteiger partial charge in [-0.05, 0) is 30.5 Å². The highest BCUT2D eigenvalue weighted by Gasteiger charge is 2.51. The molecule has 1 amide bonds. The zero-order valence-corrected chi connectivity index (χ0v) is 16.6. The monoisotopic (exact) mass is 420 g/mol. The Bertz CT molecular complexity index is 857. The molecule has 10 heteroatoms. The predicted molar refractivity (Wildman–Crippen MR) is 95.4 cm³/mol. The number of hydrogen-bond donors (Lipinski definition) is 1. The topological polar surface area (TPSA) is 85.3 Å². The number of piperazine rings is 1. The van der Waals surface area contributed by atoms with E-state index in [1.807, 2.05) is 13.8 Å². The average molecular weight is 420 g/mol. The van der Waals surface area contributed by atoms with E-state index in [1.54, 1.807) is 4.90 Å². The molecule has 2 bridgehead atoms. The van der Waals surface area contributed by atoms with Crippen LogP contribution >= 0.6 is 0 Å². The zero-order chi connectivity index (χ0) is 20.9. The number of benzene rings is 1. The summed E-state index contributed by atoms with van der Waals surface area (Å²) in [6.45, 7) is 4.37. The molecule has 0 aliphatic carbocycles. The van der Waals surface area contributed by atoms with Crippen molar-refractivity contribution in [3.8, 4) is 0 Å². The number of carbonyl (C=O) groups is 1. The van der Waals surface area contributed by atoms with E-state index in [0.717, 1.165) is 12.1 Å². The molecule has 2 saturated heterocycles. The van der Waals surface area contributed by atoms with Gasteiger partial charge in [-0.3, -0.25) is 4.79 Å². The van der Waals surface area contributed by atoms with Gasteiger partial charge in [0.1, 0.15) is 0 Å². The first-order valence-electron chi connectivity index (χ1n) is 9.24. The molecule has 156 valence electrons. The van der Waals surface area contributed by atoms with Gasteiger partial charge in [0.25, 0.3) is 5.91 Å². The Hall–Kier alpha value is -1.65. The van der Waals surface area contributed by atoms with E-state index < -0.39 is 27.8 Å². The van der Waals surface area contributed by atoms with Crippen LogP contribution in [0.4, 0.5) is 13.2 Å². The third-order valence-electron chi connectivity index (χ3n) is 5.35. The van der Waals surface area contributed by atoms with Gasteiger partial charge in [0.2, 0.25) is 10.0 Å². The van der Waals surface area contributed by atoms with Crippen LogP contribution in [0.15, 0.2) is 29.2 Å². The first-order chi connectivity index (χ1) is 12.9. The summed E-state index contributed by atoms with van der Waals surface area (Å²) < 4.78 is 65.8. The fourth-order valence-electron chi connectivity index (χ4n) is 4.07. The minimum Gasteiger partial charge on any atom is -0.347 e. The van der Waals surface area contributed by atoms with Gasteiger partial charge in [0.05, 0.1) is 10.5 Å². The second kappa shape index (κ2) is 7.31. The smallest absolute Gasteiger partial charge is 0.347 e. The van der Waals surface area contributed by atoms with Crippen LogP contribution in [0.5, 0.6) is 0 Å². The second-order valence-corrected chi connectivity index (χ2v) is 9.85. The fourth-order valence-corrected chi connectivity index (χ4v) is 5.78. The molecule has 3 atom stereocenters. The summed E-state index contributed by atoms with van der Waals surface area (Å²) in [5.41, 5.74) is 2.93. The number of amides is 1. The summed E-state index contributed by atoms with van der Waals surface area (Å²) in [6.07, 6.45) is -3.46. The molecule has 0 unspecified atom stereocenters. The summed E-state index contributed by atoms with van der Waals surface area (Å²) in [5.74, 6) is 0.237. The van der Waals surface area contributed by atoms with Crippen molar-refractivity contribution in [1.29, 1.82) is 0 Å². The maximum Gasteiger partial charge on any atom is 0.416 e. The molecule has 28 heavy (non-hydrogen) atoms. The van der Waals surface area contributed by atoms with Crippen molar-refractivity contribution in [1.82, 2.24) is 9.21 Å².